The molecule has 2 nitrogen and oxygen atoms in total. The standard InChI is InChI=1S/C6H9N2.C5H5.2ClH.Zr/c1-4-5(2)7-8-6(4)3;1-2-4-5-3-1;;;/h1-3H3;1-3H,4H2;2*1H;/q;;;;+2/p-2. The van der Waals surface area contributed by atoms with Gasteiger partial charge in [0.2, 0.25) is 0 Å². The molecule has 0 saturated heterocycles. The van der Waals surface area contributed by atoms with Crippen LogP contribution in [0.5, 0.6) is 0 Å². The van der Waals surface area contributed by atoms with Crippen LogP contribution in [0.3, 0.4) is 0 Å². The first-order valence-corrected chi connectivity index (χ1v) is 7.32. The monoisotopic (exact) mass is 334 g/mol. The molecule has 1 heterocycles. The molecule has 0 bridgehead atoms. The van der Waals surface area contributed by atoms with Crippen molar-refractivity contribution in [3.8, 4) is 0 Å². The molecule has 5 heteroatoms. The number of nitrogens with zero attached hydrogens (tertiary/aromatic N) is 2. The maximum absolute atomic E-state index is 4.45. The molecular formula is C11H14Cl2N2Zr. The third-order valence-electron chi connectivity index (χ3n) is 2.85. The summed E-state index contributed by atoms with van der Waals surface area (Å²) in [7, 11) is 0. The summed E-state index contributed by atoms with van der Waals surface area (Å²) in [6, 6.07) is 0. The minimum Gasteiger partial charge on any atom is -1.00 e. The van der Waals surface area contributed by atoms with Crippen molar-refractivity contribution in [2.45, 2.75) is 30.4 Å². The van der Waals surface area contributed by atoms with Crippen LogP contribution in [0.25, 0.3) is 0 Å². The van der Waals surface area contributed by atoms with E-state index >= 15 is 0 Å². The molecule has 2 aliphatic rings. The first-order valence-electron chi connectivity index (χ1n) is 4.86. The zero-order valence-electron chi connectivity index (χ0n) is 9.59. The van der Waals surface area contributed by atoms with E-state index in [4.69, 9.17) is 0 Å². The van der Waals surface area contributed by atoms with Gasteiger partial charge in [0, 0.05) is 0 Å². The Labute approximate surface area is 121 Å². The smallest absolute Gasteiger partial charge is 1.00 e. The summed E-state index contributed by atoms with van der Waals surface area (Å²) < 4.78 is 1.72. The van der Waals surface area contributed by atoms with E-state index in [1.807, 2.05) is 0 Å². The van der Waals surface area contributed by atoms with E-state index in [0.29, 0.717) is 0 Å². The van der Waals surface area contributed by atoms with Crippen molar-refractivity contribution in [3.05, 3.63) is 32.8 Å². The molecule has 0 aromatic carbocycles. The van der Waals surface area contributed by atoms with Crippen LogP contribution < -0.4 is 24.8 Å². The molecule has 1 atom stereocenters. The van der Waals surface area contributed by atoms with Crippen molar-refractivity contribution in [2.75, 3.05) is 0 Å². The SMILES string of the molecule is CC1=C(C)[C](C)([Zr+2][C]2=CC=CC2)N=N1.[Cl-].[Cl-]. The Kier molecular flexibility index (Phi) is 6.39. The van der Waals surface area contributed by atoms with Crippen molar-refractivity contribution >= 4 is 0 Å². The fourth-order valence-electron chi connectivity index (χ4n) is 1.65. The summed E-state index contributed by atoms with van der Waals surface area (Å²) >= 11 is -0.631. The Morgan fingerprint density at radius 2 is 2.00 bits per heavy atom. The Morgan fingerprint density at radius 1 is 1.31 bits per heavy atom. The van der Waals surface area contributed by atoms with Gasteiger partial charge in [0.25, 0.3) is 0 Å². The van der Waals surface area contributed by atoms with Crippen LogP contribution in [0.1, 0.15) is 27.2 Å². The third-order valence-corrected chi connectivity index (χ3v) is 6.91. The second-order valence-electron chi connectivity index (χ2n) is 3.93. The first kappa shape index (κ1) is 16.3. The predicted octanol–water partition coefficient (Wildman–Crippen LogP) is -2.60. The number of hydrogen-bond donors (Lipinski definition) is 0. The Hall–Kier alpha value is 0.283. The van der Waals surface area contributed by atoms with Gasteiger partial charge >= 0.3 is 96.7 Å². The molecule has 0 aromatic heterocycles. The van der Waals surface area contributed by atoms with Gasteiger partial charge in [-0.2, -0.15) is 0 Å². The quantitative estimate of drug-likeness (QED) is 0.528. The van der Waals surface area contributed by atoms with E-state index in [-0.39, 0.29) is 28.1 Å². The molecule has 16 heavy (non-hydrogen) atoms. The maximum atomic E-state index is 4.45. The van der Waals surface area contributed by atoms with Gasteiger partial charge in [-0.25, -0.2) is 0 Å². The van der Waals surface area contributed by atoms with Crippen LogP contribution in [0, 0.1) is 0 Å². The van der Waals surface area contributed by atoms with Crippen molar-refractivity contribution in [3.63, 3.8) is 0 Å². The second-order valence-corrected chi connectivity index (χ2v) is 8.52. The summed E-state index contributed by atoms with van der Waals surface area (Å²) in [5.41, 5.74) is 2.51. The Morgan fingerprint density at radius 3 is 2.44 bits per heavy atom. The third kappa shape index (κ3) is 3.15. The van der Waals surface area contributed by atoms with Gasteiger partial charge in [-0.1, -0.05) is 0 Å². The summed E-state index contributed by atoms with van der Waals surface area (Å²) in [5, 5.41) is 8.66. The largest absolute Gasteiger partial charge is 1.00 e. The van der Waals surface area contributed by atoms with E-state index in [1.54, 1.807) is 3.28 Å². The molecule has 0 amide bonds. The molecule has 0 saturated carbocycles. The van der Waals surface area contributed by atoms with Crippen molar-refractivity contribution in [1.29, 1.82) is 0 Å². The fraction of sp³-hybridized carbons (Fsp3) is 0.455. The zero-order chi connectivity index (χ0) is 10.2. The maximum Gasteiger partial charge on any atom is -1.00 e. The van der Waals surface area contributed by atoms with Gasteiger partial charge in [-0.15, -0.1) is 0 Å². The molecule has 1 unspecified atom stereocenters. The normalized spacial score (nSPS) is 26.1. The van der Waals surface area contributed by atoms with Gasteiger partial charge in [0.1, 0.15) is 0 Å². The Bertz CT molecular complexity index is 385. The van der Waals surface area contributed by atoms with Gasteiger partial charge in [0.15, 0.2) is 0 Å². The molecule has 2 rings (SSSR count). The van der Waals surface area contributed by atoms with E-state index in [1.165, 1.54) is 5.57 Å². The molecular weight excluding hydrogens is 322 g/mol. The second kappa shape index (κ2) is 6.28. The number of hydrogen-bond acceptors (Lipinski definition) is 2. The number of rotatable bonds is 2. The minimum atomic E-state index is -0.631. The van der Waals surface area contributed by atoms with Crippen LogP contribution >= 0.6 is 0 Å². The van der Waals surface area contributed by atoms with Gasteiger partial charge < -0.3 is 24.8 Å². The van der Waals surface area contributed by atoms with E-state index < -0.39 is 23.2 Å². The number of halogens is 2. The van der Waals surface area contributed by atoms with Crippen LogP contribution in [0.4, 0.5) is 0 Å². The zero-order valence-corrected chi connectivity index (χ0v) is 13.6. The van der Waals surface area contributed by atoms with Crippen LogP contribution in [0.2, 0.25) is 0 Å². The molecule has 86 valence electrons. The van der Waals surface area contributed by atoms with Crippen molar-refractivity contribution in [1.82, 2.24) is 0 Å². The van der Waals surface area contributed by atoms with Gasteiger partial charge in [0.05, 0.1) is 0 Å². The first-order chi connectivity index (χ1) is 6.62. The average molecular weight is 336 g/mol. The summed E-state index contributed by atoms with van der Waals surface area (Å²) in [4.78, 5) is 0. The summed E-state index contributed by atoms with van der Waals surface area (Å²) in [6.45, 7) is 6.48. The molecule has 0 spiro atoms. The van der Waals surface area contributed by atoms with E-state index in [0.717, 1.165) is 12.1 Å². The molecule has 0 radical (unpaired) electrons. The molecule has 0 fully saturated rings. The van der Waals surface area contributed by atoms with E-state index in [2.05, 4.69) is 49.2 Å². The summed E-state index contributed by atoms with van der Waals surface area (Å²) in [6.07, 6.45) is 7.83. The Balaban J connectivity index is 0.00000112. The van der Waals surface area contributed by atoms with Gasteiger partial charge in [-0.3, -0.25) is 0 Å². The average Bonchev–Trinajstić information content (AvgIpc) is 2.72. The van der Waals surface area contributed by atoms with E-state index in [9.17, 15) is 0 Å². The molecule has 0 aromatic rings. The fourth-order valence-corrected chi connectivity index (χ4v) is 5.32. The molecule has 1 aliphatic carbocycles. The van der Waals surface area contributed by atoms with Gasteiger partial charge in [-0.05, 0) is 0 Å². The van der Waals surface area contributed by atoms with Crippen LogP contribution in [0.15, 0.2) is 43.0 Å². The van der Waals surface area contributed by atoms with Crippen LogP contribution in [-0.4, -0.2) is 3.25 Å². The molecule has 0 N–H and O–H groups in total. The van der Waals surface area contributed by atoms with Crippen LogP contribution in [-0.2, 0) is 23.2 Å². The van der Waals surface area contributed by atoms with Crippen molar-refractivity contribution < 1.29 is 48.0 Å². The topological polar surface area (TPSA) is 24.7 Å². The van der Waals surface area contributed by atoms with Crippen molar-refractivity contribution in [2.24, 2.45) is 10.2 Å². The minimum absolute atomic E-state index is 0. The predicted molar refractivity (Wildman–Crippen MR) is 53.5 cm³/mol. The number of allylic oxidation sites excluding steroid dienone is 5. The number of azo groups is 1. The summed E-state index contributed by atoms with van der Waals surface area (Å²) in [5.74, 6) is 0. The molecule has 1 aliphatic heterocycles.